The fourth-order valence-electron chi connectivity index (χ4n) is 2.62. The number of hydrogen-bond acceptors (Lipinski definition) is 3. The van der Waals surface area contributed by atoms with Crippen LogP contribution in [0.15, 0.2) is 48.5 Å². The van der Waals surface area contributed by atoms with Crippen LogP contribution in [-0.2, 0) is 6.42 Å². The van der Waals surface area contributed by atoms with Gasteiger partial charge in [0.05, 0.1) is 11.0 Å². The van der Waals surface area contributed by atoms with E-state index in [0.29, 0.717) is 0 Å². The Morgan fingerprint density at radius 1 is 1.16 bits per heavy atom. The lowest BCUT2D eigenvalue weighted by molar-refractivity contribution is -0.384. The number of nitrogens with zero attached hydrogens (tertiary/aromatic N) is 1. The minimum absolute atomic E-state index is 0.122. The number of fused-ring (bicyclic) bond motifs is 1. The van der Waals surface area contributed by atoms with Crippen LogP contribution in [-0.4, -0.2) is 4.92 Å². The van der Waals surface area contributed by atoms with Crippen molar-refractivity contribution in [1.82, 2.24) is 0 Å². The van der Waals surface area contributed by atoms with Crippen LogP contribution >= 0.6 is 0 Å². The summed E-state index contributed by atoms with van der Waals surface area (Å²) < 4.78 is 0. The zero-order chi connectivity index (χ0) is 13.2. The first kappa shape index (κ1) is 11.7. The van der Waals surface area contributed by atoms with Gasteiger partial charge < -0.3 is 5.32 Å². The summed E-state index contributed by atoms with van der Waals surface area (Å²) in [5, 5.41) is 14.2. The maximum Gasteiger partial charge on any atom is 0.271 e. The van der Waals surface area contributed by atoms with Crippen molar-refractivity contribution in [3.63, 3.8) is 0 Å². The van der Waals surface area contributed by atoms with Gasteiger partial charge in [-0.2, -0.15) is 0 Å². The van der Waals surface area contributed by atoms with Crippen LogP contribution in [0.4, 0.5) is 11.4 Å². The third-order valence-electron chi connectivity index (χ3n) is 3.53. The van der Waals surface area contributed by atoms with Gasteiger partial charge in [-0.3, -0.25) is 10.1 Å². The van der Waals surface area contributed by atoms with Gasteiger partial charge in [-0.05, 0) is 30.0 Å². The highest BCUT2D eigenvalue weighted by Crippen LogP contribution is 2.34. The van der Waals surface area contributed by atoms with E-state index in [1.807, 2.05) is 12.1 Å². The molecule has 0 aliphatic heterocycles. The van der Waals surface area contributed by atoms with Crippen molar-refractivity contribution in [2.45, 2.75) is 18.9 Å². The molecule has 1 atom stereocenters. The summed E-state index contributed by atoms with van der Waals surface area (Å²) in [5.41, 5.74) is 3.59. The van der Waals surface area contributed by atoms with Gasteiger partial charge in [0, 0.05) is 17.8 Å². The molecule has 0 heterocycles. The van der Waals surface area contributed by atoms with Gasteiger partial charge in [-0.1, -0.05) is 30.3 Å². The van der Waals surface area contributed by atoms with E-state index in [2.05, 4.69) is 23.5 Å². The molecule has 19 heavy (non-hydrogen) atoms. The molecule has 0 aromatic heterocycles. The van der Waals surface area contributed by atoms with Crippen molar-refractivity contribution in [3.05, 3.63) is 69.8 Å². The third kappa shape index (κ3) is 2.29. The first-order valence-corrected chi connectivity index (χ1v) is 6.33. The quantitative estimate of drug-likeness (QED) is 0.671. The van der Waals surface area contributed by atoms with Crippen LogP contribution in [0.5, 0.6) is 0 Å². The van der Waals surface area contributed by atoms with Crippen molar-refractivity contribution < 1.29 is 4.92 Å². The smallest absolute Gasteiger partial charge is 0.271 e. The number of non-ortho nitro benzene ring substituents is 1. The van der Waals surface area contributed by atoms with Gasteiger partial charge in [0.25, 0.3) is 5.69 Å². The highest BCUT2D eigenvalue weighted by atomic mass is 16.6. The molecule has 4 nitrogen and oxygen atoms in total. The van der Waals surface area contributed by atoms with E-state index in [1.165, 1.54) is 17.2 Å². The van der Waals surface area contributed by atoms with Crippen LogP contribution in [0, 0.1) is 10.1 Å². The summed E-state index contributed by atoms with van der Waals surface area (Å²) in [6.45, 7) is 0. The van der Waals surface area contributed by atoms with Gasteiger partial charge in [0.2, 0.25) is 0 Å². The standard InChI is InChI=1S/C15H14N2O2/c18-17(19)13-6-3-5-12(10-13)16-15-9-8-11-4-1-2-7-14(11)15/h1-7,10,15-16H,8-9H2. The van der Waals surface area contributed by atoms with E-state index in [4.69, 9.17) is 0 Å². The Balaban J connectivity index is 1.83. The molecule has 1 N–H and O–H groups in total. The molecule has 0 saturated heterocycles. The van der Waals surface area contributed by atoms with Crippen molar-refractivity contribution in [3.8, 4) is 0 Å². The van der Waals surface area contributed by atoms with E-state index in [1.54, 1.807) is 12.1 Å². The summed E-state index contributed by atoms with van der Waals surface area (Å²) in [6.07, 6.45) is 2.09. The average molecular weight is 254 g/mol. The molecule has 1 aliphatic rings. The Labute approximate surface area is 111 Å². The van der Waals surface area contributed by atoms with Gasteiger partial charge in [-0.25, -0.2) is 0 Å². The third-order valence-corrected chi connectivity index (χ3v) is 3.53. The number of nitrogens with one attached hydrogen (secondary N) is 1. The van der Waals surface area contributed by atoms with E-state index >= 15 is 0 Å². The molecule has 0 spiro atoms. The van der Waals surface area contributed by atoms with Gasteiger partial charge in [-0.15, -0.1) is 0 Å². The van der Waals surface area contributed by atoms with E-state index in [-0.39, 0.29) is 16.7 Å². The first-order valence-electron chi connectivity index (χ1n) is 6.33. The monoisotopic (exact) mass is 254 g/mol. The molecule has 0 saturated carbocycles. The minimum Gasteiger partial charge on any atom is -0.378 e. The van der Waals surface area contributed by atoms with Gasteiger partial charge in [0.1, 0.15) is 0 Å². The average Bonchev–Trinajstić information content (AvgIpc) is 2.83. The number of rotatable bonds is 3. The fraction of sp³-hybridized carbons (Fsp3) is 0.200. The van der Waals surface area contributed by atoms with E-state index in [9.17, 15) is 10.1 Å². The van der Waals surface area contributed by atoms with Gasteiger partial charge >= 0.3 is 0 Å². The predicted octanol–water partition coefficient (Wildman–Crippen LogP) is 3.69. The zero-order valence-electron chi connectivity index (χ0n) is 10.4. The molecule has 0 fully saturated rings. The second-order valence-corrected chi connectivity index (χ2v) is 4.74. The summed E-state index contributed by atoms with van der Waals surface area (Å²) in [5.74, 6) is 0. The molecule has 2 aromatic rings. The normalized spacial score (nSPS) is 16.9. The maximum atomic E-state index is 10.8. The lowest BCUT2D eigenvalue weighted by Gasteiger charge is -2.15. The molecule has 0 amide bonds. The second-order valence-electron chi connectivity index (χ2n) is 4.74. The predicted molar refractivity (Wildman–Crippen MR) is 74.2 cm³/mol. The maximum absolute atomic E-state index is 10.8. The molecule has 4 heteroatoms. The van der Waals surface area contributed by atoms with Crippen LogP contribution in [0.3, 0.4) is 0 Å². The highest BCUT2D eigenvalue weighted by molar-refractivity contribution is 5.53. The zero-order valence-corrected chi connectivity index (χ0v) is 10.4. The van der Waals surface area contributed by atoms with Crippen LogP contribution in [0.25, 0.3) is 0 Å². The largest absolute Gasteiger partial charge is 0.378 e. The van der Waals surface area contributed by atoms with Crippen molar-refractivity contribution >= 4 is 11.4 Å². The number of nitro benzene ring substituents is 1. The second kappa shape index (κ2) is 4.72. The number of benzene rings is 2. The summed E-state index contributed by atoms with van der Waals surface area (Å²) in [4.78, 5) is 10.4. The Morgan fingerprint density at radius 2 is 2.00 bits per heavy atom. The summed E-state index contributed by atoms with van der Waals surface area (Å²) in [7, 11) is 0. The van der Waals surface area contributed by atoms with E-state index in [0.717, 1.165) is 18.5 Å². The Hall–Kier alpha value is -2.36. The molecular weight excluding hydrogens is 240 g/mol. The molecule has 3 rings (SSSR count). The molecule has 1 aliphatic carbocycles. The Morgan fingerprint density at radius 3 is 2.84 bits per heavy atom. The highest BCUT2D eigenvalue weighted by Gasteiger charge is 2.21. The number of aryl methyl sites for hydroxylation is 1. The van der Waals surface area contributed by atoms with Crippen LogP contribution < -0.4 is 5.32 Å². The molecule has 0 bridgehead atoms. The minimum atomic E-state index is -0.367. The summed E-state index contributed by atoms with van der Waals surface area (Å²) >= 11 is 0. The fourth-order valence-corrected chi connectivity index (χ4v) is 2.62. The molecular formula is C15H14N2O2. The molecule has 1 unspecified atom stereocenters. The molecule has 96 valence electrons. The van der Waals surface area contributed by atoms with Crippen molar-refractivity contribution in [2.75, 3.05) is 5.32 Å². The lowest BCUT2D eigenvalue weighted by atomic mass is 10.1. The SMILES string of the molecule is O=[N+]([O-])c1cccc(NC2CCc3ccccc32)c1. The van der Waals surface area contributed by atoms with Gasteiger partial charge in [0.15, 0.2) is 0 Å². The van der Waals surface area contributed by atoms with Crippen molar-refractivity contribution in [1.29, 1.82) is 0 Å². The first-order chi connectivity index (χ1) is 9.24. The molecule has 2 aromatic carbocycles. The van der Waals surface area contributed by atoms with Crippen LogP contribution in [0.2, 0.25) is 0 Å². The number of anilines is 1. The topological polar surface area (TPSA) is 55.2 Å². The molecule has 0 radical (unpaired) electrons. The van der Waals surface area contributed by atoms with Crippen molar-refractivity contribution in [2.24, 2.45) is 0 Å². The lowest BCUT2D eigenvalue weighted by Crippen LogP contribution is -2.07. The van der Waals surface area contributed by atoms with Crippen LogP contribution in [0.1, 0.15) is 23.6 Å². The number of hydrogen-bond donors (Lipinski definition) is 1. The number of nitro groups is 1. The Bertz CT molecular complexity index is 625. The Kier molecular flexibility index (Phi) is 2.91. The summed E-state index contributed by atoms with van der Waals surface area (Å²) in [6, 6.07) is 15.3. The van der Waals surface area contributed by atoms with E-state index < -0.39 is 0 Å².